The summed E-state index contributed by atoms with van der Waals surface area (Å²) in [5, 5.41) is 22.6. The number of nitrogens with zero attached hydrogens (tertiary/aromatic N) is 1. The topological polar surface area (TPSA) is 104 Å². The second kappa shape index (κ2) is 12.9. The van der Waals surface area contributed by atoms with Crippen LogP contribution < -0.4 is 0 Å². The van der Waals surface area contributed by atoms with Gasteiger partial charge in [-0.2, -0.15) is 4.91 Å². The molecule has 2 N–H and O–H groups in total. The number of carbonyl (C=O) groups excluding carboxylic acids is 1. The number of hydrogen-bond donors (Lipinski definition) is 2. The van der Waals surface area contributed by atoms with Crippen LogP contribution in [0.5, 0.6) is 0 Å². The van der Waals surface area contributed by atoms with Gasteiger partial charge in [0, 0.05) is 18.8 Å². The molecule has 0 aromatic carbocycles. The zero-order valence-electron chi connectivity index (χ0n) is 18.3. The van der Waals surface area contributed by atoms with Gasteiger partial charge in [-0.05, 0) is 49.9 Å². The number of carboxylic acids is 1. The Labute approximate surface area is 175 Å². The third kappa shape index (κ3) is 8.77. The van der Waals surface area contributed by atoms with Crippen LogP contribution >= 0.6 is 0 Å². The van der Waals surface area contributed by atoms with E-state index in [-0.39, 0.29) is 35.9 Å². The van der Waals surface area contributed by atoms with Crippen molar-refractivity contribution in [3.05, 3.63) is 17.1 Å². The minimum absolute atomic E-state index is 0.0754. The van der Waals surface area contributed by atoms with E-state index in [1.807, 2.05) is 12.2 Å². The van der Waals surface area contributed by atoms with Crippen molar-refractivity contribution in [1.82, 2.24) is 0 Å². The summed E-state index contributed by atoms with van der Waals surface area (Å²) in [4.78, 5) is 34.2. The highest BCUT2D eigenvalue weighted by Gasteiger charge is 2.43. The molecule has 4 atom stereocenters. The first-order chi connectivity index (χ1) is 13.7. The second-order valence-corrected chi connectivity index (χ2v) is 9.15. The molecule has 0 spiro atoms. The van der Waals surface area contributed by atoms with Crippen molar-refractivity contribution in [2.45, 2.75) is 104 Å². The van der Waals surface area contributed by atoms with E-state index in [0.717, 1.165) is 25.7 Å². The second-order valence-electron chi connectivity index (χ2n) is 9.15. The molecule has 1 aliphatic carbocycles. The molecule has 0 aromatic rings. The molecule has 6 heteroatoms. The lowest BCUT2D eigenvalue weighted by Crippen LogP contribution is -2.31. The van der Waals surface area contributed by atoms with Gasteiger partial charge in [0.15, 0.2) is 0 Å². The number of hydrogen-bond acceptors (Lipinski definition) is 5. The summed E-state index contributed by atoms with van der Waals surface area (Å²) in [5.41, 5.74) is -0.179. The monoisotopic (exact) mass is 409 g/mol. The molecule has 1 aliphatic rings. The van der Waals surface area contributed by atoms with Gasteiger partial charge in [0.25, 0.3) is 0 Å². The van der Waals surface area contributed by atoms with Crippen molar-refractivity contribution < 1.29 is 19.8 Å². The van der Waals surface area contributed by atoms with E-state index in [1.54, 1.807) is 0 Å². The quantitative estimate of drug-likeness (QED) is 0.218. The van der Waals surface area contributed by atoms with E-state index in [1.165, 1.54) is 0 Å². The maximum Gasteiger partial charge on any atom is 0.303 e. The summed E-state index contributed by atoms with van der Waals surface area (Å²) >= 11 is 0. The van der Waals surface area contributed by atoms with E-state index in [2.05, 4.69) is 25.9 Å². The molecule has 1 rings (SSSR count). The van der Waals surface area contributed by atoms with Crippen LogP contribution in [0.3, 0.4) is 0 Å². The van der Waals surface area contributed by atoms with Crippen LogP contribution in [0.25, 0.3) is 0 Å². The van der Waals surface area contributed by atoms with Crippen LogP contribution in [0.15, 0.2) is 17.3 Å². The highest BCUT2D eigenvalue weighted by Crippen LogP contribution is 2.39. The molecule has 0 bridgehead atoms. The zero-order valence-corrected chi connectivity index (χ0v) is 18.3. The predicted molar refractivity (Wildman–Crippen MR) is 115 cm³/mol. The Balaban J connectivity index is 2.59. The third-order valence-electron chi connectivity index (χ3n) is 6.39. The molecule has 29 heavy (non-hydrogen) atoms. The molecule has 0 aromatic heterocycles. The average molecular weight is 410 g/mol. The van der Waals surface area contributed by atoms with Gasteiger partial charge < -0.3 is 10.2 Å². The number of nitroso groups, excluding NO2 is 1. The lowest BCUT2D eigenvalue weighted by molar-refractivity contribution is -0.137. The molecule has 1 fully saturated rings. The largest absolute Gasteiger partial charge is 0.481 e. The van der Waals surface area contributed by atoms with Gasteiger partial charge in [-0.1, -0.05) is 57.4 Å². The van der Waals surface area contributed by atoms with Crippen LogP contribution in [0.2, 0.25) is 0 Å². The van der Waals surface area contributed by atoms with Crippen molar-refractivity contribution in [2.75, 3.05) is 0 Å². The summed E-state index contributed by atoms with van der Waals surface area (Å²) < 4.78 is 0. The molecule has 0 aliphatic heterocycles. The van der Waals surface area contributed by atoms with Crippen LogP contribution in [0, 0.1) is 22.2 Å². The zero-order chi connectivity index (χ0) is 21.9. The number of Topliss-reactive ketones (excluding diaryl/α,β-unsaturated/α-hetero) is 1. The summed E-state index contributed by atoms with van der Waals surface area (Å²) in [7, 11) is 0. The fourth-order valence-corrected chi connectivity index (χ4v) is 4.30. The van der Waals surface area contributed by atoms with E-state index < -0.39 is 18.1 Å². The highest BCUT2D eigenvalue weighted by atomic mass is 16.4. The van der Waals surface area contributed by atoms with E-state index in [9.17, 15) is 19.6 Å². The molecule has 0 saturated heterocycles. The Morgan fingerprint density at radius 3 is 2.62 bits per heavy atom. The number of carboxylic acid groups (broad SMARTS) is 1. The van der Waals surface area contributed by atoms with Crippen LogP contribution in [0.4, 0.5) is 0 Å². The molecular formula is C23H39NO5. The lowest BCUT2D eigenvalue weighted by atomic mass is 9.77. The van der Waals surface area contributed by atoms with Crippen molar-refractivity contribution in [1.29, 1.82) is 0 Å². The first-order valence-electron chi connectivity index (χ1n) is 11.1. The molecule has 0 radical (unpaired) electrons. The smallest absolute Gasteiger partial charge is 0.303 e. The van der Waals surface area contributed by atoms with Crippen molar-refractivity contribution >= 4 is 11.8 Å². The number of rotatable bonds is 15. The Morgan fingerprint density at radius 1 is 1.28 bits per heavy atom. The first kappa shape index (κ1) is 25.5. The van der Waals surface area contributed by atoms with E-state index in [4.69, 9.17) is 5.11 Å². The first-order valence-corrected chi connectivity index (χ1v) is 11.1. The molecule has 166 valence electrons. The average Bonchev–Trinajstić information content (AvgIpc) is 2.97. The molecule has 1 unspecified atom stereocenters. The van der Waals surface area contributed by atoms with Gasteiger partial charge in [-0.25, -0.2) is 0 Å². The number of aliphatic hydroxyl groups excluding tert-OH is 1. The van der Waals surface area contributed by atoms with Crippen LogP contribution in [-0.2, 0) is 9.59 Å². The Hall–Kier alpha value is -1.56. The number of aliphatic hydroxyl groups is 1. The summed E-state index contributed by atoms with van der Waals surface area (Å²) in [6.07, 6.45) is 11.1. The molecule has 0 amide bonds. The van der Waals surface area contributed by atoms with Crippen LogP contribution in [0.1, 0.15) is 91.4 Å². The van der Waals surface area contributed by atoms with Crippen molar-refractivity contribution in [2.24, 2.45) is 22.4 Å². The molecule has 1 saturated carbocycles. The van der Waals surface area contributed by atoms with Gasteiger partial charge in [0.05, 0.1) is 6.10 Å². The normalized spacial score (nSPS) is 23.6. The maximum absolute atomic E-state index is 12.4. The van der Waals surface area contributed by atoms with Crippen LogP contribution in [-0.4, -0.2) is 34.1 Å². The Morgan fingerprint density at radius 2 is 2.00 bits per heavy atom. The number of allylic oxidation sites excluding steroid dienone is 2. The van der Waals surface area contributed by atoms with Crippen molar-refractivity contribution in [3.8, 4) is 0 Å². The molecule has 6 nitrogen and oxygen atoms in total. The minimum Gasteiger partial charge on any atom is -0.481 e. The maximum atomic E-state index is 12.4. The third-order valence-corrected chi connectivity index (χ3v) is 6.39. The van der Waals surface area contributed by atoms with Gasteiger partial charge >= 0.3 is 5.97 Å². The predicted octanol–water partition coefficient (Wildman–Crippen LogP) is 5.28. The number of aliphatic carboxylic acids is 1. The van der Waals surface area contributed by atoms with Gasteiger partial charge in [-0.15, -0.1) is 0 Å². The summed E-state index contributed by atoms with van der Waals surface area (Å²) in [6.45, 7) is 6.33. The minimum atomic E-state index is -0.805. The Kier molecular flexibility index (Phi) is 11.3. The lowest BCUT2D eigenvalue weighted by Gasteiger charge is -2.32. The number of carbonyl (C=O) groups is 2. The van der Waals surface area contributed by atoms with E-state index >= 15 is 0 Å². The van der Waals surface area contributed by atoms with Gasteiger partial charge in [0.2, 0.25) is 0 Å². The SMILES string of the molecule is CCCCCC(C)(C)[C@H](O)CC[C@H]1C(N=O)CC(=O)[C@@H]1CC=CCCCC(=O)O. The summed E-state index contributed by atoms with van der Waals surface area (Å²) in [5.74, 6) is -1.08. The van der Waals surface area contributed by atoms with Gasteiger partial charge in [0.1, 0.15) is 11.8 Å². The fourth-order valence-electron chi connectivity index (χ4n) is 4.30. The Bertz CT molecular complexity index is 557. The van der Waals surface area contributed by atoms with Gasteiger partial charge in [-0.3, -0.25) is 9.59 Å². The van der Waals surface area contributed by atoms with E-state index in [0.29, 0.717) is 32.1 Å². The number of unbranched alkanes of at least 4 members (excludes halogenated alkanes) is 3. The fraction of sp³-hybridized carbons (Fsp3) is 0.826. The van der Waals surface area contributed by atoms with Crippen molar-refractivity contribution in [3.63, 3.8) is 0 Å². The molecule has 0 heterocycles. The summed E-state index contributed by atoms with van der Waals surface area (Å²) in [6, 6.07) is -0.497. The standard InChI is InChI=1S/C23H39NO5/c1-4-5-10-15-23(2,3)21(26)14-13-17-18(20(25)16-19(17)24-29)11-8-6-7-9-12-22(27)28/h6,8,17-19,21,26H,4-5,7,9-16H2,1-3H3,(H,27,28)/t17-,18-,19?,21-/m1/s1. The number of ketones is 1. The molecular weight excluding hydrogens is 370 g/mol. The highest BCUT2D eigenvalue weighted by molar-refractivity contribution is 5.84.